The van der Waals surface area contributed by atoms with Crippen LogP contribution in [0.2, 0.25) is 0 Å². The molecule has 2 heteroatoms. The van der Waals surface area contributed by atoms with Gasteiger partial charge in [-0.15, -0.1) is 0 Å². The summed E-state index contributed by atoms with van der Waals surface area (Å²) in [4.78, 5) is 4.16. The van der Waals surface area contributed by atoms with E-state index < -0.39 is 0 Å². The van der Waals surface area contributed by atoms with Crippen LogP contribution in [0.3, 0.4) is 0 Å². The molecule has 4 unspecified atom stereocenters. The molecule has 0 heterocycles. The van der Waals surface area contributed by atoms with Crippen LogP contribution in [0.5, 0.6) is 0 Å². The summed E-state index contributed by atoms with van der Waals surface area (Å²) in [5.41, 5.74) is 0.596. The molecule has 4 atom stereocenters. The summed E-state index contributed by atoms with van der Waals surface area (Å²) in [6.45, 7) is 8.15. The number of nitrogens with zero attached hydrogens (tertiary/aromatic N) is 1. The smallest absolute Gasteiger partial charge is 0.0585 e. The lowest BCUT2D eigenvalue weighted by Gasteiger charge is -2.62. The van der Waals surface area contributed by atoms with E-state index in [4.69, 9.17) is 0 Å². The third-order valence-corrected chi connectivity index (χ3v) is 5.25. The van der Waals surface area contributed by atoms with Crippen molar-refractivity contribution >= 4 is 17.4 Å². The van der Waals surface area contributed by atoms with Crippen molar-refractivity contribution in [2.24, 2.45) is 34.1 Å². The molecule has 0 aromatic rings. The number of rotatable bonds is 3. The minimum Gasteiger partial charge on any atom is -0.232 e. The van der Waals surface area contributed by atoms with E-state index in [1.165, 1.54) is 19.3 Å². The van der Waals surface area contributed by atoms with E-state index in [1.54, 1.807) is 0 Å². The van der Waals surface area contributed by atoms with Crippen LogP contribution in [-0.2, 0) is 0 Å². The number of hydrogen-bond donors (Lipinski definition) is 0. The highest BCUT2D eigenvalue weighted by molar-refractivity contribution is 7.78. The van der Waals surface area contributed by atoms with Crippen molar-refractivity contribution in [1.82, 2.24) is 0 Å². The first-order valence-electron chi connectivity index (χ1n) is 6.14. The average molecular weight is 223 g/mol. The van der Waals surface area contributed by atoms with Crippen LogP contribution in [0.1, 0.15) is 40.0 Å². The predicted molar refractivity (Wildman–Crippen MR) is 67.2 cm³/mol. The molecular weight excluding hydrogens is 202 g/mol. The molecule has 84 valence electrons. The summed E-state index contributed by atoms with van der Waals surface area (Å²) >= 11 is 4.66. The minimum atomic E-state index is 0.596. The average Bonchev–Trinajstić information content (AvgIpc) is 2.25. The minimum absolute atomic E-state index is 0.596. The van der Waals surface area contributed by atoms with Crippen molar-refractivity contribution in [3.8, 4) is 0 Å². The summed E-state index contributed by atoms with van der Waals surface area (Å²) < 4.78 is 0. The second kappa shape index (κ2) is 3.99. The highest BCUT2D eigenvalue weighted by Crippen LogP contribution is 2.63. The normalized spacial score (nSPS) is 41.5. The Morgan fingerprint density at radius 3 is 2.67 bits per heavy atom. The first kappa shape index (κ1) is 11.3. The summed E-state index contributed by atoms with van der Waals surface area (Å²) in [5, 5.41) is 2.52. The lowest BCUT2D eigenvalue weighted by molar-refractivity contribution is -0.132. The molecule has 0 aromatic carbocycles. The molecule has 0 aromatic heterocycles. The zero-order chi connectivity index (χ0) is 11.1. The Kier molecular flexibility index (Phi) is 3.00. The Bertz CT molecular complexity index is 291. The van der Waals surface area contributed by atoms with E-state index in [0.717, 1.165) is 30.2 Å². The maximum absolute atomic E-state index is 4.66. The van der Waals surface area contributed by atoms with Gasteiger partial charge in [-0.2, -0.15) is 0 Å². The summed E-state index contributed by atoms with van der Waals surface area (Å²) in [7, 11) is 0. The molecule has 0 radical (unpaired) electrons. The van der Waals surface area contributed by atoms with Crippen molar-refractivity contribution in [1.29, 1.82) is 0 Å². The molecule has 1 nitrogen and oxygen atoms in total. The van der Waals surface area contributed by atoms with E-state index in [9.17, 15) is 0 Å². The summed E-state index contributed by atoms with van der Waals surface area (Å²) in [6.07, 6.45) is 4.13. The first-order chi connectivity index (χ1) is 7.11. The fraction of sp³-hybridized carbons (Fsp3) is 0.923. The Hall–Kier alpha value is -0.200. The van der Waals surface area contributed by atoms with E-state index in [-0.39, 0.29) is 0 Å². The number of fused-ring (bicyclic) bond motifs is 2. The maximum Gasteiger partial charge on any atom is 0.0585 e. The molecule has 2 bridgehead atoms. The van der Waals surface area contributed by atoms with E-state index in [2.05, 4.69) is 43.1 Å². The van der Waals surface area contributed by atoms with Gasteiger partial charge in [-0.25, -0.2) is 4.99 Å². The van der Waals surface area contributed by atoms with Crippen molar-refractivity contribution in [2.45, 2.75) is 40.0 Å². The number of hydrogen-bond acceptors (Lipinski definition) is 2. The van der Waals surface area contributed by atoms with E-state index >= 15 is 0 Å². The van der Waals surface area contributed by atoms with Crippen molar-refractivity contribution in [3.63, 3.8) is 0 Å². The maximum atomic E-state index is 4.66. The number of isothiocyanates is 1. The largest absolute Gasteiger partial charge is 0.232 e. The van der Waals surface area contributed by atoms with E-state index in [0.29, 0.717) is 5.41 Å². The Morgan fingerprint density at radius 2 is 2.13 bits per heavy atom. The molecule has 3 aliphatic carbocycles. The zero-order valence-corrected chi connectivity index (χ0v) is 10.8. The van der Waals surface area contributed by atoms with Gasteiger partial charge in [0.2, 0.25) is 0 Å². The van der Waals surface area contributed by atoms with Crippen LogP contribution in [0.25, 0.3) is 0 Å². The van der Waals surface area contributed by atoms with Crippen molar-refractivity contribution in [3.05, 3.63) is 0 Å². The van der Waals surface area contributed by atoms with Crippen LogP contribution in [0, 0.1) is 29.1 Å². The van der Waals surface area contributed by atoms with Crippen LogP contribution >= 0.6 is 12.2 Å². The zero-order valence-electron chi connectivity index (χ0n) is 9.99. The standard InChI is InChI=1S/C13H21NS/c1-4-11-9(7-14-8-15)5-10-6-12(11)13(10,2)3/h9-12H,4-7H2,1-3H3. The second-order valence-electron chi connectivity index (χ2n) is 5.86. The summed E-state index contributed by atoms with van der Waals surface area (Å²) in [5.74, 6) is 3.53. The van der Waals surface area contributed by atoms with Crippen molar-refractivity contribution in [2.75, 3.05) is 6.54 Å². The molecule has 0 N–H and O–H groups in total. The lowest BCUT2D eigenvalue weighted by atomic mass is 9.43. The highest BCUT2D eigenvalue weighted by Gasteiger charge is 2.56. The lowest BCUT2D eigenvalue weighted by Crippen LogP contribution is -2.56. The van der Waals surface area contributed by atoms with Crippen molar-refractivity contribution < 1.29 is 0 Å². The molecule has 3 aliphatic rings. The van der Waals surface area contributed by atoms with Gasteiger partial charge in [-0.3, -0.25) is 0 Å². The van der Waals surface area contributed by atoms with Gasteiger partial charge in [0.15, 0.2) is 0 Å². The van der Waals surface area contributed by atoms with Crippen LogP contribution in [-0.4, -0.2) is 11.7 Å². The third-order valence-electron chi connectivity index (χ3n) is 5.12. The van der Waals surface area contributed by atoms with Crippen LogP contribution in [0.15, 0.2) is 4.99 Å². The Morgan fingerprint density at radius 1 is 1.40 bits per heavy atom. The SMILES string of the molecule is CCC1C(CN=C=S)CC2CC1C2(C)C. The fourth-order valence-electron chi connectivity index (χ4n) is 4.03. The molecule has 3 saturated carbocycles. The number of thiocarbonyl (C=S) groups is 1. The molecule has 0 amide bonds. The predicted octanol–water partition coefficient (Wildman–Crippen LogP) is 3.80. The molecule has 0 aliphatic heterocycles. The first-order valence-corrected chi connectivity index (χ1v) is 6.55. The van der Waals surface area contributed by atoms with Gasteiger partial charge >= 0.3 is 0 Å². The topological polar surface area (TPSA) is 12.4 Å². The van der Waals surface area contributed by atoms with Gasteiger partial charge in [0.1, 0.15) is 0 Å². The number of aliphatic imine (C=N–C) groups is 1. The van der Waals surface area contributed by atoms with Gasteiger partial charge in [0.25, 0.3) is 0 Å². The Labute approximate surface area is 98.4 Å². The van der Waals surface area contributed by atoms with Crippen LogP contribution < -0.4 is 0 Å². The van der Waals surface area contributed by atoms with Gasteiger partial charge < -0.3 is 0 Å². The monoisotopic (exact) mass is 223 g/mol. The third kappa shape index (κ3) is 1.68. The molecule has 3 fully saturated rings. The molecule has 15 heavy (non-hydrogen) atoms. The quantitative estimate of drug-likeness (QED) is 0.523. The Balaban J connectivity index is 2.08. The highest BCUT2D eigenvalue weighted by atomic mass is 32.1. The molecule has 3 rings (SSSR count). The van der Waals surface area contributed by atoms with Gasteiger partial charge in [0.05, 0.1) is 11.7 Å². The molecule has 0 spiro atoms. The van der Waals surface area contributed by atoms with Crippen LogP contribution in [0.4, 0.5) is 0 Å². The second-order valence-corrected chi connectivity index (χ2v) is 6.04. The molecular formula is C13H21NS. The van der Waals surface area contributed by atoms with E-state index in [1.807, 2.05) is 0 Å². The van der Waals surface area contributed by atoms with Gasteiger partial charge in [0, 0.05) is 0 Å². The fourth-order valence-corrected chi connectivity index (χ4v) is 4.11. The van der Waals surface area contributed by atoms with Gasteiger partial charge in [-0.05, 0) is 54.1 Å². The van der Waals surface area contributed by atoms with Gasteiger partial charge in [-0.1, -0.05) is 27.2 Å². The summed E-state index contributed by atoms with van der Waals surface area (Å²) in [6, 6.07) is 0. The molecule has 0 saturated heterocycles.